The zero-order chi connectivity index (χ0) is 18.6. The lowest BCUT2D eigenvalue weighted by molar-refractivity contribution is 0.182. The van der Waals surface area contributed by atoms with Crippen molar-refractivity contribution in [3.63, 3.8) is 0 Å². The van der Waals surface area contributed by atoms with E-state index in [4.69, 9.17) is 0 Å². The van der Waals surface area contributed by atoms with E-state index in [0.717, 1.165) is 38.4 Å². The van der Waals surface area contributed by atoms with E-state index < -0.39 is 10.0 Å². The number of rotatable bonds is 7. The lowest BCUT2D eigenvalue weighted by atomic mass is 10.2. The number of piperazine rings is 1. The minimum Gasteiger partial charge on any atom is -0.334 e. The molecule has 2 aromatic rings. The van der Waals surface area contributed by atoms with Gasteiger partial charge >= 0.3 is 0 Å². The van der Waals surface area contributed by atoms with Crippen LogP contribution in [0.3, 0.4) is 0 Å². The van der Waals surface area contributed by atoms with Crippen LogP contribution in [0.15, 0.2) is 36.7 Å². The van der Waals surface area contributed by atoms with Gasteiger partial charge in [-0.1, -0.05) is 19.1 Å². The molecular weight excluding hydrogens is 355 g/mol. The Bertz CT molecular complexity index is 812. The van der Waals surface area contributed by atoms with Crippen LogP contribution in [-0.4, -0.2) is 59.9 Å². The Hall–Kier alpha value is -1.77. The maximum absolute atomic E-state index is 13.0. The second-order valence-corrected chi connectivity index (χ2v) is 8.48. The number of imidazole rings is 1. The minimum atomic E-state index is -3.37. The summed E-state index contributed by atoms with van der Waals surface area (Å²) in [4.78, 5) is 6.60. The molecule has 1 aromatic carbocycles. The summed E-state index contributed by atoms with van der Waals surface area (Å²) in [6.45, 7) is 6.27. The lowest BCUT2D eigenvalue weighted by Gasteiger charge is -2.34. The molecular formula is C18H25FN4O2S. The molecule has 0 radical (unpaired) electrons. The fourth-order valence-electron chi connectivity index (χ4n) is 3.22. The van der Waals surface area contributed by atoms with Crippen molar-refractivity contribution in [2.45, 2.75) is 25.6 Å². The Kier molecular flexibility index (Phi) is 6.05. The topological polar surface area (TPSA) is 58.4 Å². The van der Waals surface area contributed by atoms with Gasteiger partial charge in [-0.05, 0) is 17.7 Å². The lowest BCUT2D eigenvalue weighted by Crippen LogP contribution is -2.49. The highest BCUT2D eigenvalue weighted by molar-refractivity contribution is 7.88. The van der Waals surface area contributed by atoms with Gasteiger partial charge in [-0.15, -0.1) is 0 Å². The van der Waals surface area contributed by atoms with Crippen molar-refractivity contribution in [1.29, 1.82) is 0 Å². The van der Waals surface area contributed by atoms with E-state index in [2.05, 4.69) is 21.4 Å². The third kappa shape index (κ3) is 4.69. The molecule has 26 heavy (non-hydrogen) atoms. The number of aromatic nitrogens is 2. The van der Waals surface area contributed by atoms with Crippen molar-refractivity contribution in [2.24, 2.45) is 0 Å². The Morgan fingerprint density at radius 1 is 1.08 bits per heavy atom. The van der Waals surface area contributed by atoms with Crippen LogP contribution in [0.1, 0.15) is 18.3 Å². The van der Waals surface area contributed by atoms with Gasteiger partial charge in [0.1, 0.15) is 11.6 Å². The van der Waals surface area contributed by atoms with Crippen molar-refractivity contribution < 1.29 is 12.8 Å². The molecule has 0 bridgehead atoms. The first-order chi connectivity index (χ1) is 12.5. The number of nitrogens with zero attached hydrogens (tertiary/aromatic N) is 4. The van der Waals surface area contributed by atoms with E-state index in [1.54, 1.807) is 4.31 Å². The summed E-state index contributed by atoms with van der Waals surface area (Å²) in [7, 11) is -3.37. The molecule has 1 aromatic heterocycles. The molecule has 6 nitrogen and oxygen atoms in total. The van der Waals surface area contributed by atoms with Crippen molar-refractivity contribution in [1.82, 2.24) is 18.8 Å². The second kappa shape index (κ2) is 8.28. The van der Waals surface area contributed by atoms with Crippen LogP contribution >= 0.6 is 0 Å². The van der Waals surface area contributed by atoms with E-state index in [1.807, 2.05) is 12.4 Å². The second-order valence-electron chi connectivity index (χ2n) is 6.51. The Morgan fingerprint density at radius 3 is 2.42 bits per heavy atom. The van der Waals surface area contributed by atoms with Crippen LogP contribution < -0.4 is 0 Å². The molecule has 2 heterocycles. The number of sulfonamides is 1. The predicted octanol–water partition coefficient (Wildman–Crippen LogP) is 1.73. The third-order valence-corrected chi connectivity index (χ3v) is 6.61. The molecule has 1 aliphatic heterocycles. The number of halogens is 1. The summed E-state index contributed by atoms with van der Waals surface area (Å²) in [6.07, 6.45) is 4.71. The maximum Gasteiger partial charge on any atom is 0.218 e. The van der Waals surface area contributed by atoms with Crippen molar-refractivity contribution in [3.8, 4) is 0 Å². The summed E-state index contributed by atoms with van der Waals surface area (Å²) in [5.74, 6) is 0.636. The highest BCUT2D eigenvalue weighted by atomic mass is 32.2. The van der Waals surface area contributed by atoms with Crippen LogP contribution in [-0.2, 0) is 28.7 Å². The van der Waals surface area contributed by atoms with Gasteiger partial charge in [0, 0.05) is 58.1 Å². The van der Waals surface area contributed by atoms with Crippen molar-refractivity contribution in [2.75, 3.05) is 32.7 Å². The molecule has 8 heteroatoms. The van der Waals surface area contributed by atoms with Crippen LogP contribution in [0.25, 0.3) is 0 Å². The van der Waals surface area contributed by atoms with E-state index in [9.17, 15) is 12.8 Å². The number of benzene rings is 1. The normalized spacial score (nSPS) is 16.8. The molecule has 0 N–H and O–H groups in total. The number of hydrogen-bond donors (Lipinski definition) is 0. The summed E-state index contributed by atoms with van der Waals surface area (Å²) in [5.41, 5.74) is 0.612. The molecule has 0 unspecified atom stereocenters. The first-order valence-electron chi connectivity index (χ1n) is 8.92. The quantitative estimate of drug-likeness (QED) is 0.734. The molecule has 3 rings (SSSR count). The first kappa shape index (κ1) is 19.0. The average Bonchev–Trinajstić information content (AvgIpc) is 3.10. The number of aryl methyl sites for hydroxylation is 1. The van der Waals surface area contributed by atoms with Crippen LogP contribution in [0.4, 0.5) is 4.39 Å². The summed E-state index contributed by atoms with van der Waals surface area (Å²) in [6, 6.07) is 5.64. The van der Waals surface area contributed by atoms with E-state index in [1.165, 1.54) is 24.3 Å². The molecule has 0 saturated carbocycles. The molecule has 1 fully saturated rings. The van der Waals surface area contributed by atoms with E-state index in [-0.39, 0.29) is 11.6 Å². The zero-order valence-electron chi connectivity index (χ0n) is 15.0. The Labute approximate surface area is 154 Å². The maximum atomic E-state index is 13.0. The van der Waals surface area contributed by atoms with Crippen LogP contribution in [0, 0.1) is 5.82 Å². The molecule has 142 valence electrons. The van der Waals surface area contributed by atoms with Gasteiger partial charge in [0.05, 0.1) is 5.75 Å². The first-order valence-corrected chi connectivity index (χ1v) is 10.5. The van der Waals surface area contributed by atoms with Gasteiger partial charge in [-0.25, -0.2) is 17.8 Å². The molecule has 1 saturated heterocycles. The van der Waals surface area contributed by atoms with Crippen LogP contribution in [0.5, 0.6) is 0 Å². The highest BCUT2D eigenvalue weighted by Crippen LogP contribution is 2.14. The van der Waals surface area contributed by atoms with Gasteiger partial charge < -0.3 is 4.57 Å². The van der Waals surface area contributed by atoms with Gasteiger partial charge in [0.15, 0.2) is 0 Å². The monoisotopic (exact) mass is 380 g/mol. The largest absolute Gasteiger partial charge is 0.334 e. The molecule has 0 aliphatic carbocycles. The van der Waals surface area contributed by atoms with Gasteiger partial charge in [-0.2, -0.15) is 4.31 Å². The molecule has 0 amide bonds. The Balaban J connectivity index is 1.50. The van der Waals surface area contributed by atoms with Gasteiger partial charge in [0.2, 0.25) is 10.0 Å². The summed E-state index contributed by atoms with van der Waals surface area (Å²) in [5, 5.41) is 0. The fourth-order valence-corrected chi connectivity index (χ4v) is 4.74. The van der Waals surface area contributed by atoms with Gasteiger partial charge in [-0.3, -0.25) is 4.90 Å². The van der Waals surface area contributed by atoms with E-state index >= 15 is 0 Å². The summed E-state index contributed by atoms with van der Waals surface area (Å²) >= 11 is 0. The van der Waals surface area contributed by atoms with Crippen molar-refractivity contribution >= 4 is 10.0 Å². The SMILES string of the molecule is CCc1nccn1CCN1CCN(S(=O)(=O)Cc2ccc(F)cc2)CC1. The number of hydrogen-bond acceptors (Lipinski definition) is 4. The summed E-state index contributed by atoms with van der Waals surface area (Å²) < 4.78 is 41.8. The third-order valence-electron chi connectivity index (χ3n) is 4.76. The molecule has 1 aliphatic rings. The Morgan fingerprint density at radius 2 is 1.77 bits per heavy atom. The highest BCUT2D eigenvalue weighted by Gasteiger charge is 2.27. The fraction of sp³-hybridized carbons (Fsp3) is 0.500. The zero-order valence-corrected chi connectivity index (χ0v) is 15.8. The smallest absolute Gasteiger partial charge is 0.218 e. The standard InChI is InChI=1S/C18H25FN4O2S/c1-2-18-20-7-8-22(18)12-9-21-10-13-23(14-11-21)26(24,25)15-16-3-5-17(19)6-4-16/h3-8H,2,9-15H2,1H3. The average molecular weight is 380 g/mol. The molecule has 0 atom stereocenters. The predicted molar refractivity (Wildman–Crippen MR) is 98.6 cm³/mol. The van der Waals surface area contributed by atoms with Gasteiger partial charge in [0.25, 0.3) is 0 Å². The molecule has 0 spiro atoms. The van der Waals surface area contributed by atoms with Crippen molar-refractivity contribution in [3.05, 3.63) is 53.9 Å². The minimum absolute atomic E-state index is 0.0812. The van der Waals surface area contributed by atoms with Crippen LogP contribution in [0.2, 0.25) is 0 Å². The van der Waals surface area contributed by atoms with E-state index in [0.29, 0.717) is 18.7 Å².